The van der Waals surface area contributed by atoms with Crippen molar-refractivity contribution >= 4 is 5.82 Å². The van der Waals surface area contributed by atoms with E-state index in [1.807, 2.05) is 0 Å². The van der Waals surface area contributed by atoms with Crippen LogP contribution in [-0.4, -0.2) is 17.6 Å². The lowest BCUT2D eigenvalue weighted by Gasteiger charge is -2.31. The fraction of sp³-hybridized carbons (Fsp3) is 0.722. The number of nitrogens with zero attached hydrogens (tertiary/aromatic N) is 2. The molecule has 1 aliphatic carbocycles. The molecule has 1 aliphatic heterocycles. The van der Waals surface area contributed by atoms with Gasteiger partial charge < -0.3 is 10.6 Å². The van der Waals surface area contributed by atoms with Crippen LogP contribution < -0.4 is 10.6 Å². The molecule has 0 spiro atoms. The quantitative estimate of drug-likeness (QED) is 0.915. The molecular formula is C18H29N3. The Morgan fingerprint density at radius 1 is 1.19 bits per heavy atom. The third kappa shape index (κ3) is 3.08. The maximum absolute atomic E-state index is 5.90. The Morgan fingerprint density at radius 2 is 1.95 bits per heavy atom. The molecule has 1 aromatic rings. The maximum Gasteiger partial charge on any atom is 0.129 e. The lowest BCUT2D eigenvalue weighted by Crippen LogP contribution is -2.35. The van der Waals surface area contributed by atoms with Crippen LogP contribution in [0.2, 0.25) is 0 Å². The molecule has 0 aromatic carbocycles. The molecule has 2 aliphatic rings. The largest absolute Gasteiger partial charge is 0.353 e. The number of anilines is 1. The average Bonchev–Trinajstić information content (AvgIpc) is 3.16. The highest BCUT2D eigenvalue weighted by molar-refractivity contribution is 5.45. The molecule has 1 unspecified atom stereocenters. The van der Waals surface area contributed by atoms with Gasteiger partial charge in [0, 0.05) is 24.8 Å². The van der Waals surface area contributed by atoms with Gasteiger partial charge in [-0.25, -0.2) is 4.98 Å². The van der Waals surface area contributed by atoms with Gasteiger partial charge >= 0.3 is 0 Å². The van der Waals surface area contributed by atoms with Crippen molar-refractivity contribution in [3.63, 3.8) is 0 Å². The number of pyridine rings is 1. The predicted molar refractivity (Wildman–Crippen MR) is 88.5 cm³/mol. The third-order valence-corrected chi connectivity index (χ3v) is 5.26. The van der Waals surface area contributed by atoms with Crippen LogP contribution >= 0.6 is 0 Å². The maximum atomic E-state index is 5.90. The summed E-state index contributed by atoms with van der Waals surface area (Å²) in [6.45, 7) is 6.20. The first-order chi connectivity index (χ1) is 10.2. The minimum Gasteiger partial charge on any atom is -0.353 e. The van der Waals surface area contributed by atoms with Crippen LogP contribution in [0, 0.1) is 5.92 Å². The standard InChI is InChI=1S/C18H29N3/c1-13(2)16-10-14(12-19)11-18(20-16)21-9-5-8-17(21)15-6-3-4-7-15/h10-11,13,15,17H,3-9,12,19H2,1-2H3. The molecule has 2 N–H and O–H groups in total. The van der Waals surface area contributed by atoms with Gasteiger partial charge in [-0.2, -0.15) is 0 Å². The zero-order valence-electron chi connectivity index (χ0n) is 13.5. The molecule has 2 fully saturated rings. The van der Waals surface area contributed by atoms with E-state index in [0.717, 1.165) is 5.92 Å². The summed E-state index contributed by atoms with van der Waals surface area (Å²) in [6.07, 6.45) is 8.32. The molecule has 116 valence electrons. The number of rotatable bonds is 4. The van der Waals surface area contributed by atoms with E-state index in [-0.39, 0.29) is 0 Å². The Morgan fingerprint density at radius 3 is 2.62 bits per heavy atom. The molecule has 1 saturated heterocycles. The van der Waals surface area contributed by atoms with Crippen LogP contribution in [0.15, 0.2) is 12.1 Å². The summed E-state index contributed by atoms with van der Waals surface area (Å²) in [5, 5.41) is 0. The normalized spacial score (nSPS) is 23.4. The van der Waals surface area contributed by atoms with Gasteiger partial charge in [-0.15, -0.1) is 0 Å². The van der Waals surface area contributed by atoms with Crippen molar-refractivity contribution in [1.82, 2.24) is 4.98 Å². The molecule has 2 heterocycles. The van der Waals surface area contributed by atoms with Crippen LogP contribution in [0.3, 0.4) is 0 Å². The predicted octanol–water partition coefficient (Wildman–Crippen LogP) is 3.82. The van der Waals surface area contributed by atoms with E-state index in [2.05, 4.69) is 30.9 Å². The molecule has 3 nitrogen and oxygen atoms in total. The van der Waals surface area contributed by atoms with E-state index < -0.39 is 0 Å². The molecular weight excluding hydrogens is 258 g/mol. The van der Waals surface area contributed by atoms with Crippen LogP contribution in [-0.2, 0) is 6.54 Å². The van der Waals surface area contributed by atoms with E-state index in [1.54, 1.807) is 0 Å². The van der Waals surface area contributed by atoms with Crippen molar-refractivity contribution in [1.29, 1.82) is 0 Å². The van der Waals surface area contributed by atoms with Crippen LogP contribution in [0.1, 0.15) is 69.5 Å². The molecule has 1 aromatic heterocycles. The van der Waals surface area contributed by atoms with Gasteiger partial charge in [-0.1, -0.05) is 26.7 Å². The first-order valence-corrected chi connectivity index (χ1v) is 8.66. The lowest BCUT2D eigenvalue weighted by molar-refractivity contribution is 0.429. The van der Waals surface area contributed by atoms with Crippen molar-refractivity contribution in [3.05, 3.63) is 23.4 Å². The molecule has 1 atom stereocenters. The van der Waals surface area contributed by atoms with Gasteiger partial charge in [0.15, 0.2) is 0 Å². The summed E-state index contributed by atoms with van der Waals surface area (Å²) >= 11 is 0. The van der Waals surface area contributed by atoms with E-state index >= 15 is 0 Å². The second kappa shape index (κ2) is 6.35. The molecule has 1 saturated carbocycles. The van der Waals surface area contributed by atoms with Crippen LogP contribution in [0.5, 0.6) is 0 Å². The summed E-state index contributed by atoms with van der Waals surface area (Å²) in [5.74, 6) is 2.53. The van der Waals surface area contributed by atoms with Gasteiger partial charge in [-0.05, 0) is 55.2 Å². The van der Waals surface area contributed by atoms with Crippen molar-refractivity contribution in [2.45, 2.75) is 70.9 Å². The van der Waals surface area contributed by atoms with Crippen LogP contribution in [0.25, 0.3) is 0 Å². The first kappa shape index (κ1) is 14.8. The fourth-order valence-electron chi connectivity index (χ4n) is 4.06. The van der Waals surface area contributed by atoms with E-state index in [1.165, 1.54) is 62.1 Å². The molecule has 3 rings (SSSR count). The summed E-state index contributed by atoms with van der Waals surface area (Å²) in [7, 11) is 0. The number of aromatic nitrogens is 1. The van der Waals surface area contributed by atoms with Gasteiger partial charge in [0.05, 0.1) is 0 Å². The van der Waals surface area contributed by atoms with Crippen LogP contribution in [0.4, 0.5) is 5.82 Å². The monoisotopic (exact) mass is 287 g/mol. The SMILES string of the molecule is CC(C)c1cc(CN)cc(N2CCCC2C2CCCC2)n1. The lowest BCUT2D eigenvalue weighted by atomic mass is 9.96. The number of hydrogen-bond donors (Lipinski definition) is 1. The van der Waals surface area contributed by atoms with E-state index in [9.17, 15) is 0 Å². The minimum absolute atomic E-state index is 0.461. The van der Waals surface area contributed by atoms with Crippen molar-refractivity contribution in [2.24, 2.45) is 11.7 Å². The number of hydrogen-bond acceptors (Lipinski definition) is 3. The highest BCUT2D eigenvalue weighted by Gasteiger charge is 2.34. The van der Waals surface area contributed by atoms with Gasteiger partial charge in [0.25, 0.3) is 0 Å². The molecule has 0 amide bonds. The Labute approximate surface area is 128 Å². The van der Waals surface area contributed by atoms with Gasteiger partial charge in [0.1, 0.15) is 5.82 Å². The fourth-order valence-corrected chi connectivity index (χ4v) is 4.06. The van der Waals surface area contributed by atoms with Crippen molar-refractivity contribution < 1.29 is 0 Å². The zero-order valence-corrected chi connectivity index (χ0v) is 13.5. The second-order valence-electron chi connectivity index (χ2n) is 7.06. The molecule has 3 heteroatoms. The topological polar surface area (TPSA) is 42.1 Å². The molecule has 0 radical (unpaired) electrons. The Kier molecular flexibility index (Phi) is 4.48. The first-order valence-electron chi connectivity index (χ1n) is 8.66. The van der Waals surface area contributed by atoms with Crippen molar-refractivity contribution in [2.75, 3.05) is 11.4 Å². The summed E-state index contributed by atoms with van der Waals surface area (Å²) in [6, 6.07) is 5.11. The van der Waals surface area contributed by atoms with E-state index in [4.69, 9.17) is 10.7 Å². The van der Waals surface area contributed by atoms with Gasteiger partial charge in [-0.3, -0.25) is 0 Å². The smallest absolute Gasteiger partial charge is 0.129 e. The second-order valence-corrected chi connectivity index (χ2v) is 7.06. The Bertz CT molecular complexity index is 477. The minimum atomic E-state index is 0.461. The third-order valence-electron chi connectivity index (χ3n) is 5.26. The van der Waals surface area contributed by atoms with Crippen molar-refractivity contribution in [3.8, 4) is 0 Å². The Balaban J connectivity index is 1.88. The average molecular weight is 287 g/mol. The molecule has 0 bridgehead atoms. The molecule has 21 heavy (non-hydrogen) atoms. The summed E-state index contributed by atoms with van der Waals surface area (Å²) < 4.78 is 0. The summed E-state index contributed by atoms with van der Waals surface area (Å²) in [5.41, 5.74) is 8.31. The number of nitrogens with two attached hydrogens (primary N) is 1. The highest BCUT2D eigenvalue weighted by Crippen LogP contribution is 2.37. The summed E-state index contributed by atoms with van der Waals surface area (Å²) in [4.78, 5) is 7.54. The van der Waals surface area contributed by atoms with E-state index in [0.29, 0.717) is 18.5 Å². The zero-order chi connectivity index (χ0) is 14.8. The van der Waals surface area contributed by atoms with Gasteiger partial charge in [0.2, 0.25) is 0 Å². The highest BCUT2D eigenvalue weighted by atomic mass is 15.2. The Hall–Kier alpha value is -1.09.